The molecule has 0 aliphatic heterocycles. The molecule has 0 bridgehead atoms. The molecule has 1 unspecified atom stereocenters. The van der Waals surface area contributed by atoms with Gasteiger partial charge in [-0.3, -0.25) is 9.59 Å². The molecule has 1 aromatic heterocycles. The quantitative estimate of drug-likeness (QED) is 0.312. The van der Waals surface area contributed by atoms with Gasteiger partial charge in [0, 0.05) is 12.2 Å². The summed E-state index contributed by atoms with van der Waals surface area (Å²) in [6.07, 6.45) is 15.5. The number of nitrogens with one attached hydrogen (secondary N) is 1. The molecule has 1 atom stereocenters. The zero-order valence-corrected chi connectivity index (χ0v) is 22.2. The second-order valence-corrected chi connectivity index (χ2v) is 13.6. The monoisotopic (exact) mass is 494 g/mol. The predicted molar refractivity (Wildman–Crippen MR) is 138 cm³/mol. The summed E-state index contributed by atoms with van der Waals surface area (Å²) in [5, 5.41) is 12.4. The first-order chi connectivity index (χ1) is 15.7. The van der Waals surface area contributed by atoms with E-state index >= 15 is 0 Å². The van der Waals surface area contributed by atoms with E-state index in [1.807, 2.05) is 0 Å². The Labute approximate surface area is 207 Å². The molecule has 0 aromatic carbocycles. The predicted octanol–water partition coefficient (Wildman–Crippen LogP) is 7.48. The van der Waals surface area contributed by atoms with Crippen molar-refractivity contribution in [2.45, 2.75) is 102 Å². The molecule has 33 heavy (non-hydrogen) atoms. The molecule has 0 saturated heterocycles. The Morgan fingerprint density at radius 3 is 2.48 bits per heavy atom. The van der Waals surface area contributed by atoms with Gasteiger partial charge in [0.25, 0.3) is 0 Å². The number of hydrogen-bond acceptors (Lipinski definition) is 5. The Bertz CT molecular complexity index is 760. The van der Waals surface area contributed by atoms with Crippen molar-refractivity contribution >= 4 is 40.1 Å². The number of carboxylic acid groups (broad SMARTS) is 1. The van der Waals surface area contributed by atoms with Crippen molar-refractivity contribution in [1.29, 1.82) is 0 Å². The van der Waals surface area contributed by atoms with Crippen LogP contribution in [0.25, 0.3) is 0 Å². The van der Waals surface area contributed by atoms with E-state index in [2.05, 4.69) is 31.1 Å². The van der Waals surface area contributed by atoms with E-state index in [-0.39, 0.29) is 12.3 Å². The number of carbonyl (C=O) groups is 2. The summed E-state index contributed by atoms with van der Waals surface area (Å²) in [6.45, 7) is 7.15. The van der Waals surface area contributed by atoms with Crippen LogP contribution in [-0.2, 0) is 9.59 Å². The zero-order valence-electron chi connectivity index (χ0n) is 20.6. The molecule has 2 aliphatic rings. The number of aromatic nitrogens is 1. The Kier molecular flexibility index (Phi) is 10.1. The van der Waals surface area contributed by atoms with Crippen LogP contribution in [0.5, 0.6) is 0 Å². The average Bonchev–Trinajstić information content (AvgIpc) is 3.42. The summed E-state index contributed by atoms with van der Waals surface area (Å²) < 4.78 is 0.946. The third-order valence-electron chi connectivity index (χ3n) is 7.81. The second-order valence-electron chi connectivity index (χ2n) is 11.2. The molecule has 186 valence electrons. The highest BCUT2D eigenvalue weighted by atomic mass is 32.2. The van der Waals surface area contributed by atoms with Gasteiger partial charge >= 0.3 is 5.97 Å². The number of rotatable bonds is 11. The standard InChI is InChI=1S/C26H42N2O3S2/c1-26(2,3)21-11-8-19(9-12-21)20(16-18-6-4-5-7-18)10-13-22(29)28-25-27-17-24(33-25)32-15-14-23(30)31/h17-21H,4-16H2,1-3H3,(H,30,31)(H,27,28,29). The first kappa shape index (κ1) is 26.5. The minimum absolute atomic E-state index is 0.0613. The lowest BCUT2D eigenvalue weighted by Gasteiger charge is -2.40. The lowest BCUT2D eigenvalue weighted by Crippen LogP contribution is -2.29. The van der Waals surface area contributed by atoms with Crippen molar-refractivity contribution in [3.8, 4) is 0 Å². The number of carbonyl (C=O) groups excluding carboxylic acids is 1. The van der Waals surface area contributed by atoms with E-state index in [0.717, 1.165) is 28.4 Å². The summed E-state index contributed by atoms with van der Waals surface area (Å²) in [6, 6.07) is 0. The number of carboxylic acids is 1. The van der Waals surface area contributed by atoms with E-state index in [4.69, 9.17) is 5.11 Å². The molecule has 1 aromatic rings. The molecule has 0 spiro atoms. The van der Waals surface area contributed by atoms with Crippen LogP contribution in [0.3, 0.4) is 0 Å². The van der Waals surface area contributed by atoms with Gasteiger partial charge < -0.3 is 10.4 Å². The van der Waals surface area contributed by atoms with Gasteiger partial charge in [-0.2, -0.15) is 0 Å². The van der Waals surface area contributed by atoms with Crippen molar-refractivity contribution in [1.82, 2.24) is 4.98 Å². The maximum Gasteiger partial charge on any atom is 0.304 e. The smallest absolute Gasteiger partial charge is 0.304 e. The van der Waals surface area contributed by atoms with Gasteiger partial charge in [-0.05, 0) is 67.6 Å². The fraction of sp³-hybridized carbons (Fsp3) is 0.808. The first-order valence-corrected chi connectivity index (χ1v) is 14.6. The summed E-state index contributed by atoms with van der Waals surface area (Å²) in [7, 11) is 0. The Balaban J connectivity index is 1.48. The van der Waals surface area contributed by atoms with E-state index in [0.29, 0.717) is 28.6 Å². The third-order valence-corrected chi connectivity index (χ3v) is 9.92. The maximum atomic E-state index is 12.7. The number of amides is 1. The highest BCUT2D eigenvalue weighted by molar-refractivity contribution is 8.01. The Morgan fingerprint density at radius 2 is 1.85 bits per heavy atom. The van der Waals surface area contributed by atoms with Crippen molar-refractivity contribution < 1.29 is 14.7 Å². The average molecular weight is 495 g/mol. The van der Waals surface area contributed by atoms with E-state index in [1.54, 1.807) is 6.20 Å². The number of aliphatic carboxylic acids is 1. The number of thiazole rings is 1. The number of nitrogens with zero attached hydrogens (tertiary/aromatic N) is 1. The molecule has 5 nitrogen and oxygen atoms in total. The number of thioether (sulfide) groups is 1. The van der Waals surface area contributed by atoms with Crippen LogP contribution >= 0.6 is 23.1 Å². The second kappa shape index (κ2) is 12.6. The topological polar surface area (TPSA) is 79.3 Å². The SMILES string of the molecule is CC(C)(C)C1CCC(C(CCC(=O)Nc2ncc(SCCC(=O)O)s2)CC2CCCC2)CC1. The van der Waals surface area contributed by atoms with E-state index < -0.39 is 5.97 Å². The minimum atomic E-state index is -0.792. The molecule has 2 aliphatic carbocycles. The van der Waals surface area contributed by atoms with Crippen molar-refractivity contribution in [2.75, 3.05) is 11.1 Å². The normalized spacial score (nSPS) is 22.9. The summed E-state index contributed by atoms with van der Waals surface area (Å²) in [5.74, 6) is 2.92. The fourth-order valence-corrected chi connectivity index (χ4v) is 7.69. The van der Waals surface area contributed by atoms with Crippen molar-refractivity contribution in [3.63, 3.8) is 0 Å². The highest BCUT2D eigenvalue weighted by Gasteiger charge is 2.34. The molecule has 7 heteroatoms. The van der Waals surface area contributed by atoms with E-state index in [9.17, 15) is 9.59 Å². The summed E-state index contributed by atoms with van der Waals surface area (Å²) >= 11 is 2.91. The zero-order chi connectivity index (χ0) is 23.8. The molecule has 1 amide bonds. The van der Waals surface area contributed by atoms with Crippen LogP contribution in [0.4, 0.5) is 5.13 Å². The molecule has 3 rings (SSSR count). The lowest BCUT2D eigenvalue weighted by atomic mass is 9.66. The van der Waals surface area contributed by atoms with Gasteiger partial charge in [0.05, 0.1) is 16.8 Å². The maximum absolute atomic E-state index is 12.7. The molecule has 2 saturated carbocycles. The van der Waals surface area contributed by atoms with Gasteiger partial charge in [0.2, 0.25) is 5.91 Å². The van der Waals surface area contributed by atoms with Crippen LogP contribution in [0, 0.1) is 29.1 Å². The van der Waals surface area contributed by atoms with Gasteiger partial charge in [-0.25, -0.2) is 4.98 Å². The van der Waals surface area contributed by atoms with Gasteiger partial charge in [-0.15, -0.1) is 11.8 Å². The van der Waals surface area contributed by atoms with Crippen molar-refractivity contribution in [3.05, 3.63) is 6.20 Å². The van der Waals surface area contributed by atoms with E-state index in [1.165, 1.54) is 80.9 Å². The third kappa shape index (κ3) is 8.89. The molecule has 0 radical (unpaired) electrons. The number of hydrogen-bond donors (Lipinski definition) is 2. The Morgan fingerprint density at radius 1 is 1.15 bits per heavy atom. The summed E-state index contributed by atoms with van der Waals surface area (Å²) in [5.41, 5.74) is 0.407. The van der Waals surface area contributed by atoms with Crippen LogP contribution < -0.4 is 5.32 Å². The van der Waals surface area contributed by atoms with Crippen molar-refractivity contribution in [2.24, 2.45) is 29.1 Å². The summed E-state index contributed by atoms with van der Waals surface area (Å²) in [4.78, 5) is 27.7. The number of anilines is 1. The first-order valence-electron chi connectivity index (χ1n) is 12.8. The van der Waals surface area contributed by atoms with Gasteiger partial charge in [0.1, 0.15) is 0 Å². The largest absolute Gasteiger partial charge is 0.481 e. The molecular weight excluding hydrogens is 452 g/mol. The van der Waals surface area contributed by atoms with Gasteiger partial charge in [-0.1, -0.05) is 57.8 Å². The molecule has 2 fully saturated rings. The lowest BCUT2D eigenvalue weighted by molar-refractivity contribution is -0.136. The fourth-order valence-electron chi connectivity index (χ4n) is 5.80. The molecule has 2 N–H and O–H groups in total. The van der Waals surface area contributed by atoms with Crippen LogP contribution in [0.1, 0.15) is 97.8 Å². The minimum Gasteiger partial charge on any atom is -0.481 e. The van der Waals surface area contributed by atoms with Crippen LogP contribution in [0.2, 0.25) is 0 Å². The van der Waals surface area contributed by atoms with Crippen LogP contribution in [0.15, 0.2) is 10.4 Å². The Hall–Kier alpha value is -1.08. The highest BCUT2D eigenvalue weighted by Crippen LogP contribution is 2.45. The molecular formula is C26H42N2O3S2. The van der Waals surface area contributed by atoms with Crippen LogP contribution in [-0.4, -0.2) is 27.7 Å². The van der Waals surface area contributed by atoms with Gasteiger partial charge in [0.15, 0.2) is 5.13 Å². The molecule has 1 heterocycles.